The fraction of sp³-hybridized carbons (Fsp3) is 0.500. The van der Waals surface area contributed by atoms with Crippen LogP contribution in [0.3, 0.4) is 0 Å². The van der Waals surface area contributed by atoms with Crippen LogP contribution in [-0.2, 0) is 11.2 Å². The molecule has 2 unspecified atom stereocenters. The van der Waals surface area contributed by atoms with Crippen molar-refractivity contribution in [2.24, 2.45) is 5.92 Å². The molecule has 1 N–H and O–H groups in total. The fourth-order valence-electron chi connectivity index (χ4n) is 2.27. The molecule has 1 aromatic carbocycles. The largest absolute Gasteiger partial charge is 0.496 e. The van der Waals surface area contributed by atoms with E-state index in [1.807, 2.05) is 25.2 Å². The zero-order valence-corrected chi connectivity index (χ0v) is 12.7. The lowest BCUT2D eigenvalue weighted by Crippen LogP contribution is -2.26. The Labute approximate surface area is 121 Å². The molecule has 0 saturated heterocycles. The molecule has 1 fully saturated rings. The van der Waals surface area contributed by atoms with Crippen molar-refractivity contribution in [1.29, 1.82) is 0 Å². The first kappa shape index (κ1) is 14.3. The van der Waals surface area contributed by atoms with Gasteiger partial charge in [0.2, 0.25) is 0 Å². The number of halogens is 1. The predicted molar refractivity (Wildman–Crippen MR) is 76.6 cm³/mol. The number of likely N-dealkylation sites (N-methyl/N-ethyl adjacent to an activating group) is 1. The normalized spacial score (nSPS) is 21.5. The molecule has 104 valence electrons. The van der Waals surface area contributed by atoms with E-state index in [2.05, 4.69) is 20.8 Å². The molecule has 0 aromatic heterocycles. The molecule has 0 spiro atoms. The second-order valence-electron chi connectivity index (χ2n) is 4.95. The summed E-state index contributed by atoms with van der Waals surface area (Å²) in [5.41, 5.74) is 1.21. The summed E-state index contributed by atoms with van der Waals surface area (Å²) in [6.07, 6.45) is 1.68. The number of carboxylic acid groups (broad SMARTS) is 1. The van der Waals surface area contributed by atoms with E-state index < -0.39 is 5.97 Å². The summed E-state index contributed by atoms with van der Waals surface area (Å²) in [6, 6.07) is 6.24. The molecule has 1 aliphatic rings. The monoisotopic (exact) mass is 327 g/mol. The zero-order valence-electron chi connectivity index (χ0n) is 11.1. The van der Waals surface area contributed by atoms with Gasteiger partial charge in [0.15, 0.2) is 0 Å². The van der Waals surface area contributed by atoms with Crippen LogP contribution in [0.2, 0.25) is 0 Å². The van der Waals surface area contributed by atoms with Gasteiger partial charge in [0.25, 0.3) is 0 Å². The van der Waals surface area contributed by atoms with Crippen molar-refractivity contribution >= 4 is 21.9 Å². The van der Waals surface area contributed by atoms with Crippen molar-refractivity contribution in [2.75, 3.05) is 20.7 Å². The van der Waals surface area contributed by atoms with Crippen LogP contribution < -0.4 is 4.74 Å². The van der Waals surface area contributed by atoms with Gasteiger partial charge < -0.3 is 14.7 Å². The molecule has 1 saturated carbocycles. The van der Waals surface area contributed by atoms with Crippen LogP contribution >= 0.6 is 15.9 Å². The van der Waals surface area contributed by atoms with Crippen LogP contribution in [0, 0.1) is 5.92 Å². The van der Waals surface area contributed by atoms with Gasteiger partial charge in [0.1, 0.15) is 5.75 Å². The zero-order chi connectivity index (χ0) is 14.0. The Balaban J connectivity index is 1.86. The molecule has 0 amide bonds. The summed E-state index contributed by atoms with van der Waals surface area (Å²) in [7, 11) is 3.64. The highest BCUT2D eigenvalue weighted by Crippen LogP contribution is 2.35. The lowest BCUT2D eigenvalue weighted by Gasteiger charge is -2.16. The summed E-state index contributed by atoms with van der Waals surface area (Å²) in [5, 5.41) is 8.91. The highest BCUT2D eigenvalue weighted by molar-refractivity contribution is 9.10. The minimum absolute atomic E-state index is 0.174. The lowest BCUT2D eigenvalue weighted by molar-refractivity contribution is -0.138. The van der Waals surface area contributed by atoms with E-state index in [0.29, 0.717) is 0 Å². The van der Waals surface area contributed by atoms with Crippen molar-refractivity contribution in [2.45, 2.75) is 18.9 Å². The number of carboxylic acids is 1. The molecular weight excluding hydrogens is 310 g/mol. The molecule has 0 bridgehead atoms. The number of rotatable bonds is 6. The van der Waals surface area contributed by atoms with Crippen molar-refractivity contribution in [3.63, 3.8) is 0 Å². The second-order valence-corrected chi connectivity index (χ2v) is 5.80. The Morgan fingerprint density at radius 3 is 2.84 bits per heavy atom. The van der Waals surface area contributed by atoms with Crippen molar-refractivity contribution in [3.8, 4) is 5.75 Å². The van der Waals surface area contributed by atoms with Gasteiger partial charge in [-0.05, 0) is 53.5 Å². The number of aliphatic carboxylic acids is 1. The molecule has 0 radical (unpaired) electrons. The van der Waals surface area contributed by atoms with Crippen LogP contribution in [0.5, 0.6) is 5.75 Å². The third-order valence-corrected chi connectivity index (χ3v) is 4.23. The Morgan fingerprint density at radius 2 is 2.32 bits per heavy atom. The predicted octanol–water partition coefficient (Wildman–Crippen LogP) is 2.41. The number of hydrogen-bond acceptors (Lipinski definition) is 3. The molecular formula is C14H18BrNO3. The van der Waals surface area contributed by atoms with E-state index in [1.165, 1.54) is 5.56 Å². The van der Waals surface area contributed by atoms with Gasteiger partial charge in [-0.2, -0.15) is 0 Å². The van der Waals surface area contributed by atoms with Gasteiger partial charge in [0.05, 0.1) is 17.5 Å². The quantitative estimate of drug-likeness (QED) is 0.871. The van der Waals surface area contributed by atoms with Crippen molar-refractivity contribution in [1.82, 2.24) is 4.90 Å². The van der Waals surface area contributed by atoms with E-state index in [0.717, 1.165) is 29.6 Å². The number of hydrogen-bond donors (Lipinski definition) is 1. The minimum Gasteiger partial charge on any atom is -0.496 e. The number of ether oxygens (including phenoxy) is 1. The summed E-state index contributed by atoms with van der Waals surface area (Å²) >= 11 is 3.47. The molecule has 19 heavy (non-hydrogen) atoms. The van der Waals surface area contributed by atoms with E-state index in [4.69, 9.17) is 9.84 Å². The Bertz CT molecular complexity index is 478. The van der Waals surface area contributed by atoms with Gasteiger partial charge >= 0.3 is 5.97 Å². The number of methoxy groups -OCH3 is 1. The minimum atomic E-state index is -0.677. The molecule has 1 aliphatic carbocycles. The van der Waals surface area contributed by atoms with E-state index in [-0.39, 0.29) is 12.0 Å². The highest BCUT2D eigenvalue weighted by Gasteiger charge is 2.45. The molecule has 5 heteroatoms. The standard InChI is InChI=1S/C14H18BrNO3/c1-16(12-8-10(12)14(17)18)6-5-9-3-4-13(19-2)11(15)7-9/h3-4,7,10,12H,5-6,8H2,1-2H3,(H,17,18). The Morgan fingerprint density at radius 1 is 1.58 bits per heavy atom. The number of nitrogens with zero attached hydrogens (tertiary/aromatic N) is 1. The van der Waals surface area contributed by atoms with Crippen LogP contribution in [0.15, 0.2) is 22.7 Å². The summed E-state index contributed by atoms with van der Waals surface area (Å²) in [6.45, 7) is 0.868. The van der Waals surface area contributed by atoms with Crippen LogP contribution in [-0.4, -0.2) is 42.7 Å². The molecule has 2 atom stereocenters. The summed E-state index contributed by atoms with van der Waals surface area (Å²) in [5.74, 6) is -0.0260. The third-order valence-electron chi connectivity index (χ3n) is 3.61. The average molecular weight is 328 g/mol. The fourth-order valence-corrected chi connectivity index (χ4v) is 2.86. The average Bonchev–Trinajstić information content (AvgIpc) is 3.16. The van der Waals surface area contributed by atoms with Gasteiger partial charge in [0, 0.05) is 12.6 Å². The first-order chi connectivity index (χ1) is 9.02. The topological polar surface area (TPSA) is 49.8 Å². The molecule has 4 nitrogen and oxygen atoms in total. The van der Waals surface area contributed by atoms with Gasteiger partial charge in [-0.3, -0.25) is 4.79 Å². The molecule has 2 rings (SSSR count). The number of carbonyl (C=O) groups is 1. The van der Waals surface area contributed by atoms with Crippen LogP contribution in [0.4, 0.5) is 0 Å². The molecule has 1 aromatic rings. The third kappa shape index (κ3) is 3.48. The Kier molecular flexibility index (Phi) is 4.47. The highest BCUT2D eigenvalue weighted by atomic mass is 79.9. The van der Waals surface area contributed by atoms with Crippen molar-refractivity contribution in [3.05, 3.63) is 28.2 Å². The van der Waals surface area contributed by atoms with Gasteiger partial charge in [-0.25, -0.2) is 0 Å². The number of benzene rings is 1. The summed E-state index contributed by atoms with van der Waals surface area (Å²) in [4.78, 5) is 13.0. The lowest BCUT2D eigenvalue weighted by atomic mass is 10.1. The van der Waals surface area contributed by atoms with Gasteiger partial charge in [-0.15, -0.1) is 0 Å². The molecule has 0 aliphatic heterocycles. The maximum atomic E-state index is 10.8. The smallest absolute Gasteiger partial charge is 0.308 e. The molecule has 0 heterocycles. The van der Waals surface area contributed by atoms with E-state index >= 15 is 0 Å². The van der Waals surface area contributed by atoms with Crippen molar-refractivity contribution < 1.29 is 14.6 Å². The van der Waals surface area contributed by atoms with Crippen LogP contribution in [0.25, 0.3) is 0 Å². The Hall–Kier alpha value is -1.07. The van der Waals surface area contributed by atoms with E-state index in [1.54, 1.807) is 7.11 Å². The van der Waals surface area contributed by atoms with Gasteiger partial charge in [-0.1, -0.05) is 6.07 Å². The SMILES string of the molecule is COc1ccc(CCN(C)C2CC2C(=O)O)cc1Br. The maximum absolute atomic E-state index is 10.8. The second kappa shape index (κ2) is 5.92. The van der Waals surface area contributed by atoms with E-state index in [9.17, 15) is 4.79 Å². The summed E-state index contributed by atoms with van der Waals surface area (Å²) < 4.78 is 6.14. The maximum Gasteiger partial charge on any atom is 0.308 e. The first-order valence-electron chi connectivity index (χ1n) is 6.28. The first-order valence-corrected chi connectivity index (χ1v) is 7.07. The van der Waals surface area contributed by atoms with Crippen LogP contribution in [0.1, 0.15) is 12.0 Å².